The molecule has 0 aliphatic heterocycles. The van der Waals surface area contributed by atoms with Gasteiger partial charge in [-0.2, -0.15) is 0 Å². The highest BCUT2D eigenvalue weighted by atomic mass is 16.5. The van der Waals surface area contributed by atoms with Crippen molar-refractivity contribution in [3.05, 3.63) is 60.2 Å². The first kappa shape index (κ1) is 14.7. The Hall–Kier alpha value is -2.20. The van der Waals surface area contributed by atoms with Crippen molar-refractivity contribution >= 4 is 0 Å². The largest absolute Gasteiger partial charge is 0.457 e. The van der Waals surface area contributed by atoms with Crippen molar-refractivity contribution in [2.24, 2.45) is 11.8 Å². The summed E-state index contributed by atoms with van der Waals surface area (Å²) in [4.78, 5) is 0. The molecule has 0 atom stereocenters. The lowest BCUT2D eigenvalue weighted by atomic mass is 9.83. The Kier molecular flexibility index (Phi) is 4.81. The Labute approximate surface area is 133 Å². The average Bonchev–Trinajstić information content (AvgIpc) is 2.57. The molecule has 0 aromatic heterocycles. The third-order valence-corrected chi connectivity index (χ3v) is 4.27. The van der Waals surface area contributed by atoms with Crippen LogP contribution in [0.25, 0.3) is 0 Å². The van der Waals surface area contributed by atoms with E-state index >= 15 is 0 Å². The minimum atomic E-state index is 0.580. The number of hydrogen-bond donors (Lipinski definition) is 0. The molecule has 112 valence electrons. The van der Waals surface area contributed by atoms with E-state index < -0.39 is 0 Å². The molecule has 2 aromatic rings. The van der Waals surface area contributed by atoms with Gasteiger partial charge < -0.3 is 4.74 Å². The van der Waals surface area contributed by atoms with Crippen molar-refractivity contribution in [1.29, 1.82) is 0 Å². The second-order valence-corrected chi connectivity index (χ2v) is 6.17. The van der Waals surface area contributed by atoms with E-state index in [2.05, 4.69) is 18.8 Å². The molecule has 0 N–H and O–H groups in total. The lowest BCUT2D eigenvalue weighted by molar-refractivity contribution is 0.337. The molecule has 0 bridgehead atoms. The zero-order valence-electron chi connectivity index (χ0n) is 13.1. The normalized spacial score (nSPS) is 20.8. The van der Waals surface area contributed by atoms with Crippen LogP contribution in [0.5, 0.6) is 11.5 Å². The maximum absolute atomic E-state index is 5.79. The van der Waals surface area contributed by atoms with Gasteiger partial charge in [-0.1, -0.05) is 37.0 Å². The van der Waals surface area contributed by atoms with Gasteiger partial charge in [-0.15, -0.1) is 0 Å². The van der Waals surface area contributed by atoms with E-state index in [-0.39, 0.29) is 0 Å². The van der Waals surface area contributed by atoms with Gasteiger partial charge in [0, 0.05) is 11.5 Å². The average molecular weight is 290 g/mol. The molecule has 2 aromatic carbocycles. The van der Waals surface area contributed by atoms with E-state index in [1.54, 1.807) is 0 Å². The lowest BCUT2D eigenvalue weighted by Gasteiger charge is -2.21. The summed E-state index contributed by atoms with van der Waals surface area (Å²) in [5, 5.41) is 0. The maximum Gasteiger partial charge on any atom is 0.127 e. The number of hydrogen-bond acceptors (Lipinski definition) is 1. The molecule has 1 fully saturated rings. The third-order valence-electron chi connectivity index (χ3n) is 4.27. The number of para-hydroxylation sites is 1. The van der Waals surface area contributed by atoms with Crippen LogP contribution in [0.1, 0.15) is 38.2 Å². The molecule has 1 saturated carbocycles. The van der Waals surface area contributed by atoms with Crippen LogP contribution in [0.3, 0.4) is 0 Å². The summed E-state index contributed by atoms with van der Waals surface area (Å²) in [6.45, 7) is 2.34. The molecule has 3 rings (SSSR count). The summed E-state index contributed by atoms with van der Waals surface area (Å²) in [5.41, 5.74) is 1.07. The van der Waals surface area contributed by atoms with Crippen molar-refractivity contribution < 1.29 is 4.74 Å². The topological polar surface area (TPSA) is 9.23 Å². The predicted octanol–water partition coefficient (Wildman–Crippen LogP) is 5.66. The van der Waals surface area contributed by atoms with Gasteiger partial charge in [-0.3, -0.25) is 0 Å². The summed E-state index contributed by atoms with van der Waals surface area (Å²) in [5.74, 6) is 9.92. The number of ether oxygens (including phenoxy) is 1. The minimum absolute atomic E-state index is 0.580. The highest BCUT2D eigenvalue weighted by molar-refractivity contribution is 5.40. The summed E-state index contributed by atoms with van der Waals surface area (Å²) < 4.78 is 5.79. The van der Waals surface area contributed by atoms with Crippen molar-refractivity contribution in [1.82, 2.24) is 0 Å². The van der Waals surface area contributed by atoms with Crippen molar-refractivity contribution in [2.75, 3.05) is 0 Å². The lowest BCUT2D eigenvalue weighted by Crippen LogP contribution is -2.10. The fraction of sp³-hybridized carbons (Fsp3) is 0.333. The molecule has 1 aliphatic carbocycles. The number of benzene rings is 2. The fourth-order valence-electron chi connectivity index (χ4n) is 2.82. The second-order valence-electron chi connectivity index (χ2n) is 6.17. The molecular formula is C21H22O. The summed E-state index contributed by atoms with van der Waals surface area (Å²) in [6, 6.07) is 17.9. The van der Waals surface area contributed by atoms with E-state index in [1.807, 2.05) is 54.6 Å². The van der Waals surface area contributed by atoms with Crippen LogP contribution in [-0.4, -0.2) is 0 Å². The first-order chi connectivity index (χ1) is 10.8. The predicted molar refractivity (Wildman–Crippen MR) is 91.0 cm³/mol. The Morgan fingerprint density at radius 1 is 0.818 bits per heavy atom. The van der Waals surface area contributed by atoms with Gasteiger partial charge in [0.05, 0.1) is 0 Å². The molecule has 1 heteroatoms. The molecule has 0 amide bonds. The van der Waals surface area contributed by atoms with Crippen molar-refractivity contribution in [3.8, 4) is 23.3 Å². The van der Waals surface area contributed by atoms with Gasteiger partial charge in [0.2, 0.25) is 0 Å². The second kappa shape index (κ2) is 7.18. The monoisotopic (exact) mass is 290 g/mol. The molecule has 22 heavy (non-hydrogen) atoms. The van der Waals surface area contributed by atoms with Crippen molar-refractivity contribution in [3.63, 3.8) is 0 Å². The Balaban J connectivity index is 1.60. The van der Waals surface area contributed by atoms with E-state index in [0.717, 1.165) is 23.0 Å². The van der Waals surface area contributed by atoms with Gasteiger partial charge in [-0.25, -0.2) is 0 Å². The molecule has 0 unspecified atom stereocenters. The van der Waals surface area contributed by atoms with Gasteiger partial charge in [0.15, 0.2) is 0 Å². The van der Waals surface area contributed by atoms with E-state index in [0.29, 0.717) is 5.92 Å². The zero-order valence-corrected chi connectivity index (χ0v) is 13.1. The Morgan fingerprint density at radius 3 is 2.14 bits per heavy atom. The van der Waals surface area contributed by atoms with Crippen LogP contribution in [0.2, 0.25) is 0 Å². The van der Waals surface area contributed by atoms with Crippen LogP contribution in [0.15, 0.2) is 54.6 Å². The summed E-state index contributed by atoms with van der Waals surface area (Å²) in [7, 11) is 0. The van der Waals surface area contributed by atoms with E-state index in [9.17, 15) is 0 Å². The molecular weight excluding hydrogens is 268 g/mol. The highest BCUT2D eigenvalue weighted by Gasteiger charge is 2.15. The van der Waals surface area contributed by atoms with Gasteiger partial charge in [-0.05, 0) is 68.0 Å². The van der Waals surface area contributed by atoms with E-state index in [4.69, 9.17) is 4.74 Å². The Morgan fingerprint density at radius 2 is 1.45 bits per heavy atom. The highest BCUT2D eigenvalue weighted by Crippen LogP contribution is 2.27. The molecule has 0 heterocycles. The van der Waals surface area contributed by atoms with Gasteiger partial charge in [0.1, 0.15) is 11.5 Å². The van der Waals surface area contributed by atoms with Crippen LogP contribution in [0.4, 0.5) is 0 Å². The third kappa shape index (κ3) is 4.15. The first-order valence-corrected chi connectivity index (χ1v) is 8.14. The molecule has 1 nitrogen and oxygen atoms in total. The van der Waals surface area contributed by atoms with Crippen LogP contribution >= 0.6 is 0 Å². The molecule has 0 radical (unpaired) electrons. The standard InChI is InChI=1S/C21H22O/c1-17-7-9-18(10-8-17)11-12-19-13-15-21(16-14-19)22-20-5-3-2-4-6-20/h2-6,13-18H,7-10H2,1H3. The SMILES string of the molecule is CC1CCC(C#Cc2ccc(Oc3ccccc3)cc2)CC1. The van der Waals surface area contributed by atoms with Crippen LogP contribution in [-0.2, 0) is 0 Å². The van der Waals surface area contributed by atoms with Crippen molar-refractivity contribution in [2.45, 2.75) is 32.6 Å². The first-order valence-electron chi connectivity index (χ1n) is 8.14. The van der Waals surface area contributed by atoms with E-state index in [1.165, 1.54) is 25.7 Å². The molecule has 0 spiro atoms. The zero-order chi connectivity index (χ0) is 15.2. The Bertz CT molecular complexity index is 638. The smallest absolute Gasteiger partial charge is 0.127 e. The summed E-state index contributed by atoms with van der Waals surface area (Å²) in [6.07, 6.45) is 5.15. The van der Waals surface area contributed by atoms with Gasteiger partial charge in [0.25, 0.3) is 0 Å². The summed E-state index contributed by atoms with van der Waals surface area (Å²) >= 11 is 0. The minimum Gasteiger partial charge on any atom is -0.457 e. The van der Waals surface area contributed by atoms with Crippen LogP contribution < -0.4 is 4.74 Å². The van der Waals surface area contributed by atoms with Crippen LogP contribution in [0, 0.1) is 23.7 Å². The maximum atomic E-state index is 5.79. The fourth-order valence-corrected chi connectivity index (χ4v) is 2.82. The number of rotatable bonds is 2. The molecule has 0 saturated heterocycles. The molecule has 1 aliphatic rings. The van der Waals surface area contributed by atoms with Gasteiger partial charge >= 0.3 is 0 Å². The quantitative estimate of drug-likeness (QED) is 0.649.